The quantitative estimate of drug-likeness (QED) is 0.763. The molecule has 0 radical (unpaired) electrons. The number of amides is 2. The van der Waals surface area contributed by atoms with E-state index in [2.05, 4.69) is 10.5 Å². The van der Waals surface area contributed by atoms with Crippen molar-refractivity contribution in [1.82, 2.24) is 15.4 Å². The van der Waals surface area contributed by atoms with Gasteiger partial charge >= 0.3 is 0 Å². The highest BCUT2D eigenvalue weighted by atomic mass is 32.1. The van der Waals surface area contributed by atoms with Gasteiger partial charge < -0.3 is 14.7 Å². The molecule has 0 fully saturated rings. The minimum Gasteiger partial charge on any atom is -0.355 e. The number of carbonyl (C=O) groups excluding carboxylic acids is 2. The molecule has 0 saturated heterocycles. The summed E-state index contributed by atoms with van der Waals surface area (Å²) in [5, 5.41) is 8.38. The van der Waals surface area contributed by atoms with Crippen LogP contribution in [0.25, 0.3) is 10.6 Å². The molecule has 0 aliphatic heterocycles. The molecular formula is C18H17N3O3S. The maximum Gasteiger partial charge on any atom is 0.276 e. The van der Waals surface area contributed by atoms with Gasteiger partial charge in [0.25, 0.3) is 11.8 Å². The van der Waals surface area contributed by atoms with Crippen LogP contribution >= 0.6 is 11.3 Å². The van der Waals surface area contributed by atoms with Crippen LogP contribution in [-0.4, -0.2) is 36.0 Å². The first-order valence-corrected chi connectivity index (χ1v) is 8.53. The van der Waals surface area contributed by atoms with Gasteiger partial charge in [-0.05, 0) is 29.1 Å². The van der Waals surface area contributed by atoms with Crippen LogP contribution < -0.4 is 5.32 Å². The summed E-state index contributed by atoms with van der Waals surface area (Å²) in [6, 6.07) is 12.6. The highest BCUT2D eigenvalue weighted by Crippen LogP contribution is 2.25. The van der Waals surface area contributed by atoms with E-state index in [0.717, 1.165) is 10.4 Å². The van der Waals surface area contributed by atoms with Gasteiger partial charge in [-0.25, -0.2) is 0 Å². The number of hydrogen-bond acceptors (Lipinski definition) is 5. The van der Waals surface area contributed by atoms with E-state index in [9.17, 15) is 9.59 Å². The molecule has 3 rings (SSSR count). The Hall–Kier alpha value is -2.93. The molecule has 0 saturated carbocycles. The molecule has 3 aromatic rings. The summed E-state index contributed by atoms with van der Waals surface area (Å²) in [4.78, 5) is 26.5. The van der Waals surface area contributed by atoms with E-state index in [1.807, 2.05) is 29.6 Å². The second-order valence-corrected chi connectivity index (χ2v) is 6.44. The van der Waals surface area contributed by atoms with Crippen LogP contribution in [0.15, 0.2) is 52.4 Å². The van der Waals surface area contributed by atoms with E-state index < -0.39 is 0 Å². The van der Waals surface area contributed by atoms with Gasteiger partial charge in [-0.3, -0.25) is 9.59 Å². The first-order valence-electron chi connectivity index (χ1n) is 7.65. The van der Waals surface area contributed by atoms with Gasteiger partial charge in [0.15, 0.2) is 11.5 Å². The summed E-state index contributed by atoms with van der Waals surface area (Å²) >= 11 is 1.53. The third-order valence-electron chi connectivity index (χ3n) is 3.70. The molecule has 2 heterocycles. The Balaban J connectivity index is 1.67. The predicted octanol–water partition coefficient (Wildman–Crippen LogP) is 3.03. The molecule has 0 aliphatic carbocycles. The van der Waals surface area contributed by atoms with E-state index in [-0.39, 0.29) is 17.5 Å². The Morgan fingerprint density at radius 3 is 2.64 bits per heavy atom. The lowest BCUT2D eigenvalue weighted by Gasteiger charge is -2.15. The largest absolute Gasteiger partial charge is 0.355 e. The first-order chi connectivity index (χ1) is 12.1. The molecule has 2 aromatic heterocycles. The number of nitrogens with one attached hydrogen (secondary N) is 1. The molecule has 1 aromatic carbocycles. The van der Waals surface area contributed by atoms with Gasteiger partial charge in [0.2, 0.25) is 0 Å². The van der Waals surface area contributed by atoms with Crippen molar-refractivity contribution in [1.29, 1.82) is 0 Å². The van der Waals surface area contributed by atoms with Crippen LogP contribution in [0.2, 0.25) is 0 Å². The van der Waals surface area contributed by atoms with Crippen LogP contribution in [0.4, 0.5) is 0 Å². The van der Waals surface area contributed by atoms with E-state index in [1.54, 1.807) is 37.2 Å². The smallest absolute Gasteiger partial charge is 0.276 e. The van der Waals surface area contributed by atoms with Crippen molar-refractivity contribution in [2.45, 2.75) is 6.54 Å². The molecule has 2 amide bonds. The molecule has 6 nitrogen and oxygen atoms in total. The third-order valence-corrected chi connectivity index (χ3v) is 4.59. The maximum atomic E-state index is 12.5. The van der Waals surface area contributed by atoms with Crippen LogP contribution in [0.3, 0.4) is 0 Å². The van der Waals surface area contributed by atoms with Crippen LogP contribution in [0, 0.1) is 0 Å². The normalized spacial score (nSPS) is 10.5. The summed E-state index contributed by atoms with van der Waals surface area (Å²) in [5.74, 6) is 0.225. The SMILES string of the molecule is CNC(=O)c1ccc(CN(C)C(=O)c2cc(-c3cccs3)on2)cc1. The van der Waals surface area contributed by atoms with Crippen molar-refractivity contribution in [3.8, 4) is 10.6 Å². The third kappa shape index (κ3) is 3.77. The van der Waals surface area contributed by atoms with Crippen LogP contribution in [0.5, 0.6) is 0 Å². The number of benzene rings is 1. The summed E-state index contributed by atoms with van der Waals surface area (Å²) in [7, 11) is 3.29. The summed E-state index contributed by atoms with van der Waals surface area (Å²) < 4.78 is 5.25. The summed E-state index contributed by atoms with van der Waals surface area (Å²) in [5.41, 5.74) is 1.77. The Labute approximate surface area is 149 Å². The second-order valence-electron chi connectivity index (χ2n) is 5.49. The summed E-state index contributed by atoms with van der Waals surface area (Å²) in [6.45, 7) is 0.411. The topological polar surface area (TPSA) is 75.4 Å². The fourth-order valence-electron chi connectivity index (χ4n) is 2.36. The van der Waals surface area contributed by atoms with Crippen molar-refractivity contribution in [2.75, 3.05) is 14.1 Å². The number of aromatic nitrogens is 1. The van der Waals surface area contributed by atoms with Gasteiger partial charge in [0.05, 0.1) is 4.88 Å². The first kappa shape index (κ1) is 16.9. The maximum absolute atomic E-state index is 12.5. The van der Waals surface area contributed by atoms with Crippen molar-refractivity contribution in [3.63, 3.8) is 0 Å². The monoisotopic (exact) mass is 355 g/mol. The lowest BCUT2D eigenvalue weighted by molar-refractivity contribution is 0.0774. The highest BCUT2D eigenvalue weighted by Gasteiger charge is 2.18. The molecule has 128 valence electrons. The minimum atomic E-state index is -0.220. The fraction of sp³-hybridized carbons (Fsp3) is 0.167. The lowest BCUT2D eigenvalue weighted by Crippen LogP contribution is -2.26. The standard InChI is InChI=1S/C18H17N3O3S/c1-19-17(22)13-7-5-12(6-8-13)11-21(2)18(23)14-10-15(24-20-14)16-4-3-9-25-16/h3-10H,11H2,1-2H3,(H,19,22). The molecule has 0 aliphatic rings. The summed E-state index contributed by atoms with van der Waals surface area (Å²) in [6.07, 6.45) is 0. The van der Waals surface area contributed by atoms with Crippen molar-refractivity contribution in [2.24, 2.45) is 0 Å². The number of rotatable bonds is 5. The van der Waals surface area contributed by atoms with Crippen molar-refractivity contribution >= 4 is 23.2 Å². The van der Waals surface area contributed by atoms with Gasteiger partial charge in [-0.15, -0.1) is 11.3 Å². The molecule has 0 unspecified atom stereocenters. The molecule has 25 heavy (non-hydrogen) atoms. The van der Waals surface area contributed by atoms with Crippen LogP contribution in [-0.2, 0) is 6.54 Å². The molecule has 0 atom stereocenters. The van der Waals surface area contributed by atoms with E-state index in [0.29, 0.717) is 17.9 Å². The molecule has 0 bridgehead atoms. The van der Waals surface area contributed by atoms with Crippen LogP contribution in [0.1, 0.15) is 26.4 Å². The van der Waals surface area contributed by atoms with Gasteiger partial charge in [0, 0.05) is 32.3 Å². The molecule has 0 spiro atoms. The molecule has 1 N–H and O–H groups in total. The van der Waals surface area contributed by atoms with Crippen molar-refractivity contribution < 1.29 is 14.1 Å². The van der Waals surface area contributed by atoms with Crippen molar-refractivity contribution in [3.05, 3.63) is 64.7 Å². The molecular weight excluding hydrogens is 338 g/mol. The second kappa shape index (κ2) is 7.31. The predicted molar refractivity (Wildman–Crippen MR) is 95.4 cm³/mol. The number of hydrogen-bond donors (Lipinski definition) is 1. The van der Waals surface area contributed by atoms with Gasteiger partial charge in [-0.2, -0.15) is 0 Å². The Morgan fingerprint density at radius 2 is 2.00 bits per heavy atom. The number of thiophene rings is 1. The van der Waals surface area contributed by atoms with Gasteiger partial charge in [0.1, 0.15) is 0 Å². The number of carbonyl (C=O) groups is 2. The average molecular weight is 355 g/mol. The number of nitrogens with zero attached hydrogens (tertiary/aromatic N) is 2. The van der Waals surface area contributed by atoms with E-state index in [4.69, 9.17) is 4.52 Å². The Morgan fingerprint density at radius 1 is 1.24 bits per heavy atom. The Kier molecular flexibility index (Phi) is 4.95. The zero-order valence-electron chi connectivity index (χ0n) is 13.9. The van der Waals surface area contributed by atoms with E-state index in [1.165, 1.54) is 11.3 Å². The zero-order valence-corrected chi connectivity index (χ0v) is 14.7. The lowest BCUT2D eigenvalue weighted by atomic mass is 10.1. The highest BCUT2D eigenvalue weighted by molar-refractivity contribution is 7.13. The minimum absolute atomic E-state index is 0.139. The fourth-order valence-corrected chi connectivity index (χ4v) is 3.03. The van der Waals surface area contributed by atoms with E-state index >= 15 is 0 Å². The average Bonchev–Trinajstić information content (AvgIpc) is 3.32. The van der Waals surface area contributed by atoms with Gasteiger partial charge in [-0.1, -0.05) is 23.4 Å². The Bertz CT molecular complexity index is 869. The molecule has 7 heteroatoms. The zero-order chi connectivity index (χ0) is 17.8.